The molecule has 0 aliphatic heterocycles. The van der Waals surface area contributed by atoms with Gasteiger partial charge in [-0.2, -0.15) is 0 Å². The number of hydrogen-bond donors (Lipinski definition) is 0. The summed E-state index contributed by atoms with van der Waals surface area (Å²) in [5.41, 5.74) is 0. The Kier molecular flexibility index (Phi) is 4.53. The van der Waals surface area contributed by atoms with Crippen molar-refractivity contribution in [3.8, 4) is 0 Å². The van der Waals surface area contributed by atoms with Gasteiger partial charge in [0.05, 0.1) is 0 Å². The van der Waals surface area contributed by atoms with E-state index in [4.69, 9.17) is 3.08 Å². The molecule has 1 nitrogen and oxygen atoms in total. The molecule has 0 rings (SSSR count). The van der Waals surface area contributed by atoms with E-state index >= 15 is 0 Å². The Hall–Kier alpha value is 1.08. The summed E-state index contributed by atoms with van der Waals surface area (Å²) in [6, 6.07) is 0. The van der Waals surface area contributed by atoms with E-state index < -0.39 is 8.32 Å². The van der Waals surface area contributed by atoms with Gasteiger partial charge in [0.25, 0.3) is 0 Å². The van der Waals surface area contributed by atoms with Gasteiger partial charge in [-0.1, -0.05) is 0 Å². The third kappa shape index (κ3) is 7.08. The molecule has 4 heteroatoms. The van der Waals surface area contributed by atoms with E-state index in [1.54, 1.807) is 0 Å². The van der Waals surface area contributed by atoms with E-state index in [-0.39, 0.29) is 18.9 Å². The zero-order valence-electron chi connectivity index (χ0n) is 5.93. The molecule has 0 aromatic carbocycles. The fourth-order valence-corrected chi connectivity index (χ4v) is 6.72. The monoisotopic (exact) mass is 329 g/mol. The van der Waals surface area contributed by atoms with Crippen molar-refractivity contribution in [3.05, 3.63) is 0 Å². The predicted octanol–water partition coefficient (Wildman–Crippen LogP) is 0.577. The predicted molar refractivity (Wildman–Crippen MR) is 39.2 cm³/mol. The molecular formula is C4H14OPtSi2. The van der Waals surface area contributed by atoms with Gasteiger partial charge in [-0.05, 0) is 0 Å². The molecule has 8 heavy (non-hydrogen) atoms. The zero-order valence-corrected chi connectivity index (χ0v) is 11.2. The summed E-state index contributed by atoms with van der Waals surface area (Å²) in [7, 11) is 0.222. The molecule has 0 aliphatic carbocycles. The normalized spacial score (nSPS) is 12.9. The molecule has 0 atom stereocenters. The Balaban J connectivity index is 3.11. The van der Waals surface area contributed by atoms with Crippen LogP contribution in [0.5, 0.6) is 0 Å². The molecule has 0 aliphatic rings. The Labute approximate surface area is 64.7 Å². The first-order valence-corrected chi connectivity index (χ1v) is 10.1. The third-order valence-corrected chi connectivity index (χ3v) is 8.12. The van der Waals surface area contributed by atoms with Crippen molar-refractivity contribution >= 4 is 18.6 Å². The summed E-state index contributed by atoms with van der Waals surface area (Å²) >= 11 is 0.153. The van der Waals surface area contributed by atoms with Gasteiger partial charge in [0.2, 0.25) is 0 Å². The third-order valence-electron chi connectivity index (χ3n) is 0.331. The molecule has 0 N–H and O–H groups in total. The van der Waals surface area contributed by atoms with Gasteiger partial charge in [-0.15, -0.1) is 0 Å². The summed E-state index contributed by atoms with van der Waals surface area (Å²) < 4.78 is 7.06. The summed E-state index contributed by atoms with van der Waals surface area (Å²) in [6.45, 7) is 6.76. The summed E-state index contributed by atoms with van der Waals surface area (Å²) in [6.07, 6.45) is 0. The van der Waals surface area contributed by atoms with E-state index in [1.807, 2.05) is 0 Å². The van der Waals surface area contributed by atoms with Gasteiger partial charge in [0.1, 0.15) is 0 Å². The van der Waals surface area contributed by atoms with Crippen LogP contribution in [0.2, 0.25) is 24.1 Å². The van der Waals surface area contributed by atoms with Crippen molar-refractivity contribution in [2.45, 2.75) is 24.1 Å². The molecule has 0 bridgehead atoms. The number of rotatable bonds is 3. The molecule has 0 spiro atoms. The molecule has 0 aromatic heterocycles. The first kappa shape index (κ1) is 9.08. The van der Waals surface area contributed by atoms with Crippen molar-refractivity contribution in [3.63, 3.8) is 0 Å². The van der Waals surface area contributed by atoms with E-state index in [1.165, 1.54) is 14.7 Å². The average molecular weight is 329 g/mol. The second-order valence-corrected chi connectivity index (χ2v) is 14.2. The molecule has 0 unspecified atom stereocenters. The van der Waals surface area contributed by atoms with Gasteiger partial charge < -0.3 is 0 Å². The summed E-state index contributed by atoms with van der Waals surface area (Å²) in [5.74, 6) is 0. The second-order valence-electron chi connectivity index (χ2n) is 2.49. The quantitative estimate of drug-likeness (QED) is 0.688. The van der Waals surface area contributed by atoms with Crippen LogP contribution in [0.1, 0.15) is 0 Å². The molecule has 0 saturated heterocycles. The van der Waals surface area contributed by atoms with Crippen LogP contribution in [0.15, 0.2) is 0 Å². The first-order chi connectivity index (χ1) is 3.56. The van der Waals surface area contributed by atoms with E-state index in [9.17, 15) is 0 Å². The topological polar surface area (TPSA) is 9.23 Å². The van der Waals surface area contributed by atoms with Crippen LogP contribution >= 0.6 is 0 Å². The second kappa shape index (κ2) is 3.99. The number of hydrogen-bond acceptors (Lipinski definition) is 1. The Morgan fingerprint density at radius 2 is 2.00 bits per heavy atom. The van der Waals surface area contributed by atoms with E-state index in [2.05, 4.69) is 19.6 Å². The van der Waals surface area contributed by atoms with Gasteiger partial charge in [-0.25, -0.2) is 0 Å². The van der Waals surface area contributed by atoms with Crippen molar-refractivity contribution < 1.29 is 22.0 Å². The van der Waals surface area contributed by atoms with Crippen LogP contribution in [0.4, 0.5) is 0 Å². The zero-order chi connectivity index (χ0) is 6.62. The molecule has 0 heterocycles. The van der Waals surface area contributed by atoms with E-state index in [0.717, 1.165) is 0 Å². The average Bonchev–Trinajstić information content (AvgIpc) is 1.59. The molecule has 54 valence electrons. The van der Waals surface area contributed by atoms with Crippen molar-refractivity contribution in [2.24, 2.45) is 0 Å². The molecule has 0 amide bonds. The maximum atomic E-state index is 5.66. The van der Waals surface area contributed by atoms with Gasteiger partial charge in [-0.3, -0.25) is 0 Å². The van der Waals surface area contributed by atoms with Crippen LogP contribution in [0, 0.1) is 0 Å². The minimum atomic E-state index is -1.11. The maximum absolute atomic E-state index is 5.66. The van der Waals surface area contributed by atoms with Crippen molar-refractivity contribution in [1.82, 2.24) is 0 Å². The van der Waals surface area contributed by atoms with Crippen molar-refractivity contribution in [2.75, 3.05) is 0 Å². The fourth-order valence-electron chi connectivity index (χ4n) is 0.183. The minimum absolute atomic E-state index is 0.153. The SMILES string of the molecule is C[Si](C)(C)[O][Pt][CH2][SiH3]. The van der Waals surface area contributed by atoms with Crippen LogP contribution in [0.25, 0.3) is 0 Å². The summed E-state index contributed by atoms with van der Waals surface area (Å²) in [4.78, 5) is 0. The molecule has 0 fully saturated rings. The first-order valence-electron chi connectivity index (χ1n) is 2.76. The molecule has 0 aromatic rings. The van der Waals surface area contributed by atoms with Gasteiger partial charge in [0, 0.05) is 0 Å². The van der Waals surface area contributed by atoms with Crippen LogP contribution in [0.3, 0.4) is 0 Å². The molecule has 0 radical (unpaired) electrons. The van der Waals surface area contributed by atoms with Crippen LogP contribution in [-0.2, 0) is 22.0 Å². The van der Waals surface area contributed by atoms with Gasteiger partial charge >= 0.3 is 64.7 Å². The Bertz CT molecular complexity index is 61.5. The Morgan fingerprint density at radius 3 is 2.12 bits per heavy atom. The van der Waals surface area contributed by atoms with Crippen LogP contribution in [-0.4, -0.2) is 18.6 Å². The molecular weight excluding hydrogens is 315 g/mol. The standard InChI is InChI=1S/C3H9OSi.CH5Si.Pt/c1-5(2,3)4;1-2;/h1-3H3;1H2,2H3;/q-1;;+1. The van der Waals surface area contributed by atoms with E-state index in [0.29, 0.717) is 0 Å². The summed E-state index contributed by atoms with van der Waals surface area (Å²) in [5, 5.41) is 0. The van der Waals surface area contributed by atoms with Crippen LogP contribution < -0.4 is 0 Å². The van der Waals surface area contributed by atoms with Gasteiger partial charge in [0.15, 0.2) is 0 Å². The Morgan fingerprint density at radius 1 is 1.50 bits per heavy atom. The fraction of sp³-hybridized carbons (Fsp3) is 1.00. The molecule has 0 saturated carbocycles. The van der Waals surface area contributed by atoms with Crippen molar-refractivity contribution in [1.29, 1.82) is 0 Å².